The summed E-state index contributed by atoms with van der Waals surface area (Å²) in [5.74, 6) is 0.350. The van der Waals surface area contributed by atoms with Crippen LogP contribution in [0, 0.1) is 0 Å². The zero-order chi connectivity index (χ0) is 22.1. The molecule has 0 bridgehead atoms. The first-order valence-corrected chi connectivity index (χ1v) is 9.07. The Morgan fingerprint density at radius 1 is 1.10 bits per heavy atom. The van der Waals surface area contributed by atoms with Crippen molar-refractivity contribution >= 4 is 35.8 Å². The molecule has 1 heterocycles. The molecule has 0 fully saturated rings. The van der Waals surface area contributed by atoms with Gasteiger partial charge in [-0.3, -0.25) is 9.79 Å². The largest absolute Gasteiger partial charge is 0.468 e. The summed E-state index contributed by atoms with van der Waals surface area (Å²) < 4.78 is 41.4. The number of aromatic nitrogens is 1. The van der Waals surface area contributed by atoms with Crippen LogP contribution in [0.1, 0.15) is 21.5 Å². The van der Waals surface area contributed by atoms with Crippen LogP contribution in [-0.2, 0) is 13.1 Å². The molecule has 1 aromatic heterocycles. The van der Waals surface area contributed by atoms with Crippen molar-refractivity contribution in [2.45, 2.75) is 19.3 Å². The molecule has 1 amide bonds. The number of carbonyl (C=O) groups is 1. The van der Waals surface area contributed by atoms with Crippen molar-refractivity contribution in [1.29, 1.82) is 0 Å². The second-order valence-corrected chi connectivity index (χ2v) is 6.58. The number of hydrogen-bond donors (Lipinski definition) is 2. The zero-order valence-corrected chi connectivity index (χ0v) is 19.7. The molecule has 7 nitrogen and oxygen atoms in total. The SMILES string of the molecule is CN=C(NCc1ccc(C(=O)N(C)C)cc1)NCc1ccnc(OCC(F)(F)F)c1.I. The molecule has 1 aromatic carbocycles. The van der Waals surface area contributed by atoms with Crippen LogP contribution >= 0.6 is 24.0 Å². The number of nitrogens with zero attached hydrogens (tertiary/aromatic N) is 3. The number of aliphatic imine (C=N–C) groups is 1. The van der Waals surface area contributed by atoms with Gasteiger partial charge in [0.15, 0.2) is 12.6 Å². The normalized spacial score (nSPS) is 11.4. The molecule has 0 unspecified atom stereocenters. The summed E-state index contributed by atoms with van der Waals surface area (Å²) >= 11 is 0. The lowest BCUT2D eigenvalue weighted by Crippen LogP contribution is -2.36. The molecular formula is C20H25F3IN5O2. The molecule has 0 aliphatic carbocycles. The van der Waals surface area contributed by atoms with Crippen molar-refractivity contribution in [3.8, 4) is 5.88 Å². The number of nitrogens with one attached hydrogen (secondary N) is 2. The molecule has 170 valence electrons. The number of amides is 1. The third kappa shape index (κ3) is 9.40. The number of benzene rings is 1. The van der Waals surface area contributed by atoms with E-state index in [9.17, 15) is 18.0 Å². The minimum Gasteiger partial charge on any atom is -0.468 e. The predicted molar refractivity (Wildman–Crippen MR) is 123 cm³/mol. The van der Waals surface area contributed by atoms with Crippen molar-refractivity contribution < 1.29 is 22.7 Å². The van der Waals surface area contributed by atoms with Gasteiger partial charge in [0.1, 0.15) is 0 Å². The van der Waals surface area contributed by atoms with Gasteiger partial charge in [-0.2, -0.15) is 13.2 Å². The lowest BCUT2D eigenvalue weighted by molar-refractivity contribution is -0.154. The number of carbonyl (C=O) groups excluding carboxylic acids is 1. The number of hydrogen-bond acceptors (Lipinski definition) is 4. The molecule has 2 N–H and O–H groups in total. The first-order chi connectivity index (χ1) is 14.2. The summed E-state index contributed by atoms with van der Waals surface area (Å²) in [6, 6.07) is 10.3. The Kier molecular flexibility index (Phi) is 10.5. The van der Waals surface area contributed by atoms with Crippen molar-refractivity contribution in [2.75, 3.05) is 27.7 Å². The summed E-state index contributed by atoms with van der Waals surface area (Å²) in [5, 5.41) is 6.21. The van der Waals surface area contributed by atoms with Crippen molar-refractivity contribution in [1.82, 2.24) is 20.5 Å². The van der Waals surface area contributed by atoms with Gasteiger partial charge in [-0.1, -0.05) is 12.1 Å². The van der Waals surface area contributed by atoms with Crippen molar-refractivity contribution in [3.63, 3.8) is 0 Å². The van der Waals surface area contributed by atoms with Crippen LogP contribution in [0.25, 0.3) is 0 Å². The molecule has 0 radical (unpaired) electrons. The Bertz CT molecular complexity index is 874. The van der Waals surface area contributed by atoms with Gasteiger partial charge in [-0.15, -0.1) is 24.0 Å². The molecular weight excluding hydrogens is 526 g/mol. The second kappa shape index (κ2) is 12.3. The minimum atomic E-state index is -4.42. The standard InChI is InChI=1S/C20H24F3N5O2.HI/c1-24-19(26-11-14-4-6-16(7-5-14)18(29)28(2)3)27-12-15-8-9-25-17(10-15)30-13-20(21,22)23;/h4-10H,11-13H2,1-3H3,(H2,24,26,27);1H. The third-order valence-electron chi connectivity index (χ3n) is 3.93. The van der Waals surface area contributed by atoms with Gasteiger partial charge in [0.25, 0.3) is 5.91 Å². The van der Waals surface area contributed by atoms with E-state index in [0.29, 0.717) is 30.2 Å². The maximum absolute atomic E-state index is 12.3. The van der Waals surface area contributed by atoms with Crippen LogP contribution in [0.4, 0.5) is 13.2 Å². The quantitative estimate of drug-likeness (QED) is 0.314. The summed E-state index contributed by atoms with van der Waals surface area (Å²) in [4.78, 5) is 21.3. The average molecular weight is 551 g/mol. The molecule has 0 saturated carbocycles. The van der Waals surface area contributed by atoms with E-state index in [2.05, 4.69) is 25.3 Å². The number of ether oxygens (including phenoxy) is 1. The van der Waals surface area contributed by atoms with Crippen LogP contribution in [0.3, 0.4) is 0 Å². The molecule has 0 spiro atoms. The zero-order valence-electron chi connectivity index (χ0n) is 17.4. The molecule has 11 heteroatoms. The summed E-state index contributed by atoms with van der Waals surface area (Å²) in [5.41, 5.74) is 2.25. The molecule has 0 saturated heterocycles. The van der Waals surface area contributed by atoms with Crippen LogP contribution in [0.2, 0.25) is 0 Å². The first-order valence-electron chi connectivity index (χ1n) is 9.07. The van der Waals surface area contributed by atoms with Crippen LogP contribution in [0.5, 0.6) is 5.88 Å². The van der Waals surface area contributed by atoms with Crippen LogP contribution in [0.15, 0.2) is 47.6 Å². The van der Waals surface area contributed by atoms with E-state index in [-0.39, 0.29) is 35.8 Å². The van der Waals surface area contributed by atoms with E-state index in [1.165, 1.54) is 17.2 Å². The number of guanidine groups is 1. The molecule has 31 heavy (non-hydrogen) atoms. The fraction of sp³-hybridized carbons (Fsp3) is 0.350. The number of alkyl halides is 3. The number of pyridine rings is 1. The van der Waals surface area contributed by atoms with Gasteiger partial charge < -0.3 is 20.3 Å². The van der Waals surface area contributed by atoms with Crippen LogP contribution < -0.4 is 15.4 Å². The second-order valence-electron chi connectivity index (χ2n) is 6.58. The predicted octanol–water partition coefficient (Wildman–Crippen LogP) is 3.21. The van der Waals surface area contributed by atoms with Gasteiger partial charge in [0.05, 0.1) is 0 Å². The Hall–Kier alpha value is -2.57. The topological polar surface area (TPSA) is 78.9 Å². The maximum Gasteiger partial charge on any atom is 0.422 e. The Morgan fingerprint density at radius 3 is 2.26 bits per heavy atom. The van der Waals surface area contributed by atoms with Crippen molar-refractivity contribution in [2.24, 2.45) is 4.99 Å². The fourth-order valence-electron chi connectivity index (χ4n) is 2.41. The van der Waals surface area contributed by atoms with Gasteiger partial charge in [-0.05, 0) is 29.3 Å². The average Bonchev–Trinajstić information content (AvgIpc) is 2.72. The lowest BCUT2D eigenvalue weighted by Gasteiger charge is -2.14. The fourth-order valence-corrected chi connectivity index (χ4v) is 2.41. The van der Waals surface area contributed by atoms with Crippen molar-refractivity contribution in [3.05, 3.63) is 59.3 Å². The third-order valence-corrected chi connectivity index (χ3v) is 3.93. The van der Waals surface area contributed by atoms with Crippen LogP contribution in [-0.4, -0.2) is 55.7 Å². The summed E-state index contributed by atoms with van der Waals surface area (Å²) in [6.07, 6.45) is -3.03. The molecule has 0 aliphatic rings. The molecule has 0 aliphatic heterocycles. The Balaban J connectivity index is 0.00000480. The highest BCUT2D eigenvalue weighted by atomic mass is 127. The van der Waals surface area contributed by atoms with E-state index in [1.807, 2.05) is 12.1 Å². The molecule has 0 atom stereocenters. The van der Waals surface area contributed by atoms with E-state index in [0.717, 1.165) is 5.56 Å². The highest BCUT2D eigenvalue weighted by Crippen LogP contribution is 2.17. The summed E-state index contributed by atoms with van der Waals surface area (Å²) in [7, 11) is 5.00. The first kappa shape index (κ1) is 26.5. The van der Waals surface area contributed by atoms with Gasteiger partial charge >= 0.3 is 6.18 Å². The molecule has 2 rings (SSSR count). The highest BCUT2D eigenvalue weighted by Gasteiger charge is 2.28. The molecule has 2 aromatic rings. The minimum absolute atomic E-state index is 0. The van der Waals surface area contributed by atoms with E-state index in [1.54, 1.807) is 39.3 Å². The lowest BCUT2D eigenvalue weighted by atomic mass is 10.1. The Labute approximate surface area is 196 Å². The number of halogens is 4. The van der Waals surface area contributed by atoms with Gasteiger partial charge in [0, 0.05) is 52.1 Å². The van der Waals surface area contributed by atoms with Gasteiger partial charge in [0.2, 0.25) is 5.88 Å². The monoisotopic (exact) mass is 551 g/mol. The smallest absolute Gasteiger partial charge is 0.422 e. The highest BCUT2D eigenvalue weighted by molar-refractivity contribution is 14.0. The maximum atomic E-state index is 12.3. The van der Waals surface area contributed by atoms with E-state index >= 15 is 0 Å². The van der Waals surface area contributed by atoms with E-state index < -0.39 is 12.8 Å². The van der Waals surface area contributed by atoms with Gasteiger partial charge in [-0.25, -0.2) is 4.98 Å². The number of rotatable bonds is 7. The van der Waals surface area contributed by atoms with E-state index in [4.69, 9.17) is 0 Å². The Morgan fingerprint density at radius 2 is 1.71 bits per heavy atom. The summed E-state index contributed by atoms with van der Waals surface area (Å²) in [6.45, 7) is -0.591.